The molecule has 0 radical (unpaired) electrons. The lowest BCUT2D eigenvalue weighted by molar-refractivity contribution is 0.0943. The highest BCUT2D eigenvalue weighted by Crippen LogP contribution is 2.14. The standard InChI is InChI=1S/C12H16BrN5O/c1-3-17-6-5-9(15-17)7-14-12(19)11-10(13)8-18(4-2)16-11/h5-6,8H,3-4,7H2,1-2H3,(H,14,19). The highest BCUT2D eigenvalue weighted by molar-refractivity contribution is 9.10. The minimum atomic E-state index is -0.204. The van der Waals surface area contributed by atoms with Crippen molar-refractivity contribution in [3.63, 3.8) is 0 Å². The molecular weight excluding hydrogens is 310 g/mol. The van der Waals surface area contributed by atoms with Crippen molar-refractivity contribution in [2.45, 2.75) is 33.5 Å². The van der Waals surface area contributed by atoms with Gasteiger partial charge in [0.2, 0.25) is 0 Å². The second-order valence-corrected chi connectivity index (χ2v) is 4.88. The van der Waals surface area contributed by atoms with Crippen LogP contribution >= 0.6 is 15.9 Å². The van der Waals surface area contributed by atoms with E-state index in [2.05, 4.69) is 31.4 Å². The third kappa shape index (κ3) is 3.23. The lowest BCUT2D eigenvalue weighted by Gasteiger charge is -2.01. The summed E-state index contributed by atoms with van der Waals surface area (Å²) in [6.45, 7) is 5.94. The summed E-state index contributed by atoms with van der Waals surface area (Å²) in [6, 6.07) is 1.89. The largest absolute Gasteiger partial charge is 0.345 e. The first-order valence-electron chi connectivity index (χ1n) is 6.17. The summed E-state index contributed by atoms with van der Waals surface area (Å²) < 4.78 is 4.24. The van der Waals surface area contributed by atoms with E-state index in [-0.39, 0.29) is 5.91 Å². The summed E-state index contributed by atoms with van der Waals surface area (Å²) in [5.74, 6) is -0.204. The number of hydrogen-bond acceptors (Lipinski definition) is 3. The normalized spacial score (nSPS) is 10.7. The maximum Gasteiger partial charge on any atom is 0.273 e. The predicted octanol–water partition coefficient (Wildman–Crippen LogP) is 1.81. The van der Waals surface area contributed by atoms with E-state index in [0.29, 0.717) is 16.7 Å². The first kappa shape index (κ1) is 13.8. The topological polar surface area (TPSA) is 64.7 Å². The van der Waals surface area contributed by atoms with E-state index >= 15 is 0 Å². The molecule has 0 saturated carbocycles. The fourth-order valence-electron chi connectivity index (χ4n) is 1.64. The molecule has 0 unspecified atom stereocenters. The van der Waals surface area contributed by atoms with Gasteiger partial charge in [-0.3, -0.25) is 14.2 Å². The van der Waals surface area contributed by atoms with E-state index in [0.717, 1.165) is 18.8 Å². The molecule has 19 heavy (non-hydrogen) atoms. The van der Waals surface area contributed by atoms with Crippen molar-refractivity contribution in [3.05, 3.63) is 34.3 Å². The van der Waals surface area contributed by atoms with Crippen LogP contribution in [0.1, 0.15) is 30.0 Å². The van der Waals surface area contributed by atoms with E-state index in [1.165, 1.54) is 0 Å². The second-order valence-electron chi connectivity index (χ2n) is 4.03. The number of nitrogens with zero attached hydrogens (tertiary/aromatic N) is 4. The maximum atomic E-state index is 12.0. The minimum Gasteiger partial charge on any atom is -0.345 e. The van der Waals surface area contributed by atoms with Gasteiger partial charge in [-0.05, 0) is 35.8 Å². The quantitative estimate of drug-likeness (QED) is 0.911. The van der Waals surface area contributed by atoms with Gasteiger partial charge in [0.1, 0.15) is 0 Å². The molecule has 2 rings (SSSR count). The Morgan fingerprint density at radius 2 is 2.05 bits per heavy atom. The van der Waals surface area contributed by atoms with Crippen LogP contribution in [0.25, 0.3) is 0 Å². The third-order valence-corrected chi connectivity index (χ3v) is 3.29. The summed E-state index contributed by atoms with van der Waals surface area (Å²) in [4.78, 5) is 12.0. The number of aromatic nitrogens is 4. The Kier molecular flexibility index (Phi) is 4.36. The van der Waals surface area contributed by atoms with Crippen molar-refractivity contribution >= 4 is 21.8 Å². The molecule has 2 aromatic rings. The van der Waals surface area contributed by atoms with Crippen LogP contribution in [0, 0.1) is 0 Å². The molecular formula is C12H16BrN5O. The van der Waals surface area contributed by atoms with Crippen LogP contribution in [0.3, 0.4) is 0 Å². The van der Waals surface area contributed by atoms with E-state index in [4.69, 9.17) is 0 Å². The van der Waals surface area contributed by atoms with Gasteiger partial charge in [0.25, 0.3) is 5.91 Å². The highest BCUT2D eigenvalue weighted by atomic mass is 79.9. The Labute approximate surface area is 119 Å². The summed E-state index contributed by atoms with van der Waals surface area (Å²) in [5.41, 5.74) is 1.23. The van der Waals surface area contributed by atoms with Crippen LogP contribution in [0.15, 0.2) is 22.9 Å². The van der Waals surface area contributed by atoms with Crippen LogP contribution in [-0.4, -0.2) is 25.5 Å². The first-order valence-corrected chi connectivity index (χ1v) is 6.96. The number of rotatable bonds is 5. The van der Waals surface area contributed by atoms with Gasteiger partial charge in [0, 0.05) is 25.5 Å². The molecule has 2 heterocycles. The van der Waals surface area contributed by atoms with Crippen molar-refractivity contribution in [1.29, 1.82) is 0 Å². The van der Waals surface area contributed by atoms with Gasteiger partial charge in [-0.2, -0.15) is 10.2 Å². The van der Waals surface area contributed by atoms with Crippen LogP contribution in [-0.2, 0) is 19.6 Å². The molecule has 0 aromatic carbocycles. The number of carbonyl (C=O) groups excluding carboxylic acids is 1. The van der Waals surface area contributed by atoms with Crippen LogP contribution < -0.4 is 5.32 Å². The highest BCUT2D eigenvalue weighted by Gasteiger charge is 2.14. The van der Waals surface area contributed by atoms with Crippen molar-refractivity contribution in [2.24, 2.45) is 0 Å². The molecule has 0 aliphatic heterocycles. The van der Waals surface area contributed by atoms with E-state index in [1.807, 2.05) is 30.8 Å². The smallest absolute Gasteiger partial charge is 0.273 e. The third-order valence-electron chi connectivity index (χ3n) is 2.71. The van der Waals surface area contributed by atoms with Gasteiger partial charge in [-0.25, -0.2) is 0 Å². The lowest BCUT2D eigenvalue weighted by Crippen LogP contribution is -2.24. The Hall–Kier alpha value is -1.63. The van der Waals surface area contributed by atoms with Gasteiger partial charge in [0.05, 0.1) is 16.7 Å². The van der Waals surface area contributed by atoms with Crippen molar-refractivity contribution in [1.82, 2.24) is 24.9 Å². The molecule has 1 N–H and O–H groups in total. The monoisotopic (exact) mass is 325 g/mol. The molecule has 0 spiro atoms. The first-order chi connectivity index (χ1) is 9.13. The summed E-state index contributed by atoms with van der Waals surface area (Å²) in [5, 5.41) is 11.3. The number of aryl methyl sites for hydroxylation is 2. The molecule has 0 bridgehead atoms. The molecule has 0 aliphatic carbocycles. The van der Waals surface area contributed by atoms with Crippen molar-refractivity contribution < 1.29 is 4.79 Å². The van der Waals surface area contributed by atoms with Gasteiger partial charge in [0.15, 0.2) is 5.69 Å². The molecule has 6 nitrogen and oxygen atoms in total. The number of halogens is 1. The maximum absolute atomic E-state index is 12.0. The predicted molar refractivity (Wildman–Crippen MR) is 74.7 cm³/mol. The Morgan fingerprint density at radius 3 is 2.63 bits per heavy atom. The zero-order chi connectivity index (χ0) is 13.8. The van der Waals surface area contributed by atoms with Crippen molar-refractivity contribution in [3.8, 4) is 0 Å². The molecule has 0 saturated heterocycles. The van der Waals surface area contributed by atoms with Gasteiger partial charge >= 0.3 is 0 Å². The SMILES string of the molecule is CCn1ccc(CNC(=O)c2nn(CC)cc2Br)n1. The fourth-order valence-corrected chi connectivity index (χ4v) is 2.14. The van der Waals surface area contributed by atoms with Gasteiger partial charge < -0.3 is 5.32 Å². The zero-order valence-corrected chi connectivity index (χ0v) is 12.5. The van der Waals surface area contributed by atoms with Crippen LogP contribution in [0.5, 0.6) is 0 Å². The average Bonchev–Trinajstić information content (AvgIpc) is 3.02. The number of nitrogens with one attached hydrogen (secondary N) is 1. The van der Waals surface area contributed by atoms with Gasteiger partial charge in [-0.1, -0.05) is 0 Å². The minimum absolute atomic E-state index is 0.204. The Balaban J connectivity index is 1.98. The lowest BCUT2D eigenvalue weighted by atomic mass is 10.4. The van der Waals surface area contributed by atoms with Gasteiger partial charge in [-0.15, -0.1) is 0 Å². The number of hydrogen-bond donors (Lipinski definition) is 1. The molecule has 0 atom stereocenters. The molecule has 0 aliphatic rings. The molecule has 1 amide bonds. The second kappa shape index (κ2) is 6.01. The Bertz CT molecular complexity index is 574. The summed E-state index contributed by atoms with van der Waals surface area (Å²) in [6.07, 6.45) is 3.68. The van der Waals surface area contributed by atoms with Crippen molar-refractivity contribution in [2.75, 3.05) is 0 Å². The summed E-state index contributed by atoms with van der Waals surface area (Å²) in [7, 11) is 0. The molecule has 0 fully saturated rings. The molecule has 7 heteroatoms. The molecule has 2 aromatic heterocycles. The number of amides is 1. The molecule has 102 valence electrons. The average molecular weight is 326 g/mol. The van der Waals surface area contributed by atoms with Crippen LogP contribution in [0.2, 0.25) is 0 Å². The van der Waals surface area contributed by atoms with E-state index in [9.17, 15) is 4.79 Å². The zero-order valence-electron chi connectivity index (χ0n) is 10.9. The fraction of sp³-hybridized carbons (Fsp3) is 0.417. The Morgan fingerprint density at radius 1 is 1.32 bits per heavy atom. The number of carbonyl (C=O) groups is 1. The van der Waals surface area contributed by atoms with Crippen LogP contribution in [0.4, 0.5) is 0 Å². The van der Waals surface area contributed by atoms with E-state index < -0.39 is 0 Å². The summed E-state index contributed by atoms with van der Waals surface area (Å²) >= 11 is 3.34. The van der Waals surface area contributed by atoms with E-state index in [1.54, 1.807) is 10.9 Å².